The molecule has 0 aromatic carbocycles. The maximum absolute atomic E-state index is 3.73. The highest BCUT2D eigenvalue weighted by molar-refractivity contribution is 7.99. The van der Waals surface area contributed by atoms with Crippen molar-refractivity contribution in [2.45, 2.75) is 43.9 Å². The van der Waals surface area contributed by atoms with Crippen molar-refractivity contribution in [1.29, 1.82) is 0 Å². The van der Waals surface area contributed by atoms with Gasteiger partial charge in [-0.05, 0) is 38.0 Å². The minimum atomic E-state index is 0.781. The molecule has 1 aliphatic carbocycles. The number of thioether (sulfide) groups is 1. The van der Waals surface area contributed by atoms with E-state index in [1.807, 2.05) is 6.08 Å². The first-order chi connectivity index (χ1) is 6.36. The van der Waals surface area contributed by atoms with Crippen molar-refractivity contribution in [3.63, 3.8) is 0 Å². The summed E-state index contributed by atoms with van der Waals surface area (Å²) in [5, 5.41) is 4.51. The zero-order chi connectivity index (χ0) is 9.52. The fourth-order valence-corrected chi connectivity index (χ4v) is 3.04. The third-order valence-corrected chi connectivity index (χ3v) is 3.80. The minimum Gasteiger partial charge on any atom is -0.314 e. The number of hydrogen-bond donors (Lipinski definition) is 1. The molecule has 0 aromatic heterocycles. The minimum absolute atomic E-state index is 0.781. The Labute approximate surface area is 86.4 Å². The van der Waals surface area contributed by atoms with Gasteiger partial charge in [-0.15, -0.1) is 6.58 Å². The molecule has 2 heteroatoms. The highest BCUT2D eigenvalue weighted by Gasteiger charge is 2.23. The maximum atomic E-state index is 3.73. The average molecular weight is 199 g/mol. The van der Waals surface area contributed by atoms with Crippen molar-refractivity contribution in [2.24, 2.45) is 0 Å². The Hall–Kier alpha value is 0.0500. The van der Waals surface area contributed by atoms with Crippen LogP contribution in [0.15, 0.2) is 12.7 Å². The molecule has 1 N–H and O–H groups in total. The molecule has 0 amide bonds. The lowest BCUT2D eigenvalue weighted by Crippen LogP contribution is -2.27. The Morgan fingerprint density at radius 2 is 2.38 bits per heavy atom. The smallest absolute Gasteiger partial charge is 0.00781 e. The zero-order valence-corrected chi connectivity index (χ0v) is 9.41. The van der Waals surface area contributed by atoms with Crippen LogP contribution < -0.4 is 5.32 Å². The van der Waals surface area contributed by atoms with Gasteiger partial charge >= 0.3 is 0 Å². The van der Waals surface area contributed by atoms with Crippen LogP contribution in [0.1, 0.15) is 32.6 Å². The molecule has 13 heavy (non-hydrogen) atoms. The summed E-state index contributed by atoms with van der Waals surface area (Å²) in [7, 11) is 0. The predicted molar refractivity (Wildman–Crippen MR) is 62.4 cm³/mol. The van der Waals surface area contributed by atoms with Crippen LogP contribution in [0.5, 0.6) is 0 Å². The van der Waals surface area contributed by atoms with Gasteiger partial charge in [0.2, 0.25) is 0 Å². The Morgan fingerprint density at radius 1 is 1.54 bits per heavy atom. The van der Waals surface area contributed by atoms with E-state index in [1.165, 1.54) is 25.0 Å². The summed E-state index contributed by atoms with van der Waals surface area (Å²) in [6.45, 7) is 7.09. The molecule has 1 rings (SSSR count). The van der Waals surface area contributed by atoms with Gasteiger partial charge in [0.15, 0.2) is 0 Å². The second kappa shape index (κ2) is 6.50. The Bertz CT molecular complexity index is 147. The van der Waals surface area contributed by atoms with Crippen LogP contribution in [0, 0.1) is 0 Å². The van der Waals surface area contributed by atoms with E-state index in [2.05, 4.69) is 30.6 Å². The topological polar surface area (TPSA) is 12.0 Å². The van der Waals surface area contributed by atoms with Crippen molar-refractivity contribution in [1.82, 2.24) is 5.32 Å². The Kier molecular flexibility index (Phi) is 5.56. The van der Waals surface area contributed by atoms with E-state index >= 15 is 0 Å². The van der Waals surface area contributed by atoms with E-state index in [4.69, 9.17) is 0 Å². The third kappa shape index (κ3) is 4.19. The summed E-state index contributed by atoms with van der Waals surface area (Å²) < 4.78 is 0. The van der Waals surface area contributed by atoms with E-state index < -0.39 is 0 Å². The number of rotatable bonds is 6. The van der Waals surface area contributed by atoms with Crippen LogP contribution >= 0.6 is 11.8 Å². The molecule has 1 aliphatic rings. The summed E-state index contributed by atoms with van der Waals surface area (Å²) >= 11 is 2.12. The molecule has 1 nitrogen and oxygen atoms in total. The first kappa shape index (κ1) is 11.1. The fraction of sp³-hybridized carbons (Fsp3) is 0.818. The number of hydrogen-bond acceptors (Lipinski definition) is 2. The van der Waals surface area contributed by atoms with Gasteiger partial charge in [-0.1, -0.05) is 13.0 Å². The monoisotopic (exact) mass is 199 g/mol. The summed E-state index contributed by atoms with van der Waals surface area (Å²) in [6, 6.07) is 0.781. The first-order valence-corrected chi connectivity index (χ1v) is 6.37. The van der Waals surface area contributed by atoms with Crippen LogP contribution in [0.25, 0.3) is 0 Å². The fourth-order valence-electron chi connectivity index (χ4n) is 1.90. The van der Waals surface area contributed by atoms with Gasteiger partial charge in [-0.25, -0.2) is 0 Å². The van der Waals surface area contributed by atoms with Crippen molar-refractivity contribution < 1.29 is 0 Å². The summed E-state index contributed by atoms with van der Waals surface area (Å²) in [5.74, 6) is 1.27. The molecule has 2 atom stereocenters. The normalized spacial score (nSPS) is 27.8. The SMILES string of the molecule is C=CCCNC1CCC(SCC)C1. The Morgan fingerprint density at radius 3 is 3.08 bits per heavy atom. The quantitative estimate of drug-likeness (QED) is 0.521. The molecule has 0 saturated heterocycles. The molecule has 0 radical (unpaired) electrons. The zero-order valence-electron chi connectivity index (χ0n) is 8.59. The summed E-state index contributed by atoms with van der Waals surface area (Å²) in [6.07, 6.45) is 7.23. The Balaban J connectivity index is 2.06. The van der Waals surface area contributed by atoms with Gasteiger partial charge in [0.05, 0.1) is 0 Å². The molecule has 0 spiro atoms. The van der Waals surface area contributed by atoms with Gasteiger partial charge < -0.3 is 5.32 Å². The molecular weight excluding hydrogens is 178 g/mol. The lowest BCUT2D eigenvalue weighted by atomic mass is 10.2. The molecule has 0 aromatic rings. The van der Waals surface area contributed by atoms with Crippen LogP contribution in [-0.2, 0) is 0 Å². The maximum Gasteiger partial charge on any atom is 0.00781 e. The van der Waals surface area contributed by atoms with Gasteiger partial charge in [0, 0.05) is 11.3 Å². The van der Waals surface area contributed by atoms with Crippen LogP contribution in [0.2, 0.25) is 0 Å². The first-order valence-electron chi connectivity index (χ1n) is 5.32. The second-order valence-electron chi connectivity index (χ2n) is 3.62. The van der Waals surface area contributed by atoms with Crippen molar-refractivity contribution in [3.05, 3.63) is 12.7 Å². The lowest BCUT2D eigenvalue weighted by molar-refractivity contribution is 0.531. The van der Waals surface area contributed by atoms with E-state index in [0.29, 0.717) is 0 Å². The molecule has 2 unspecified atom stereocenters. The largest absolute Gasteiger partial charge is 0.314 e. The van der Waals surface area contributed by atoms with Crippen molar-refractivity contribution in [2.75, 3.05) is 12.3 Å². The molecule has 0 heterocycles. The summed E-state index contributed by atoms with van der Waals surface area (Å²) in [5.41, 5.74) is 0. The average Bonchev–Trinajstić information content (AvgIpc) is 2.54. The molecule has 0 aliphatic heterocycles. The van der Waals surface area contributed by atoms with Crippen molar-refractivity contribution in [3.8, 4) is 0 Å². The molecule has 76 valence electrons. The van der Waals surface area contributed by atoms with Gasteiger partial charge in [-0.3, -0.25) is 0 Å². The molecule has 0 bridgehead atoms. The van der Waals surface area contributed by atoms with Crippen LogP contribution in [0.4, 0.5) is 0 Å². The second-order valence-corrected chi connectivity index (χ2v) is 5.20. The van der Waals surface area contributed by atoms with Gasteiger partial charge in [0.25, 0.3) is 0 Å². The highest BCUT2D eigenvalue weighted by atomic mass is 32.2. The molecule has 1 fully saturated rings. The van der Waals surface area contributed by atoms with Gasteiger partial charge in [0.1, 0.15) is 0 Å². The standard InChI is InChI=1S/C11H21NS/c1-3-5-8-12-10-6-7-11(9-10)13-4-2/h3,10-12H,1,4-9H2,2H3. The van der Waals surface area contributed by atoms with E-state index in [9.17, 15) is 0 Å². The van der Waals surface area contributed by atoms with Crippen LogP contribution in [-0.4, -0.2) is 23.6 Å². The molecule has 1 saturated carbocycles. The summed E-state index contributed by atoms with van der Waals surface area (Å²) in [4.78, 5) is 0. The van der Waals surface area contributed by atoms with Crippen LogP contribution in [0.3, 0.4) is 0 Å². The number of nitrogens with one attached hydrogen (secondary N) is 1. The third-order valence-electron chi connectivity index (χ3n) is 2.57. The van der Waals surface area contributed by atoms with E-state index in [-0.39, 0.29) is 0 Å². The van der Waals surface area contributed by atoms with E-state index in [1.54, 1.807) is 0 Å². The van der Waals surface area contributed by atoms with E-state index in [0.717, 1.165) is 24.3 Å². The predicted octanol–water partition coefficient (Wildman–Crippen LogP) is 2.83. The van der Waals surface area contributed by atoms with Gasteiger partial charge in [-0.2, -0.15) is 11.8 Å². The molecular formula is C11H21NS. The lowest BCUT2D eigenvalue weighted by Gasteiger charge is -2.11. The highest BCUT2D eigenvalue weighted by Crippen LogP contribution is 2.29. The van der Waals surface area contributed by atoms with Crippen molar-refractivity contribution >= 4 is 11.8 Å².